The van der Waals surface area contributed by atoms with Gasteiger partial charge in [-0.3, -0.25) is 4.57 Å². The fraction of sp³-hybridized carbons (Fsp3) is 0.188. The van der Waals surface area contributed by atoms with Crippen molar-refractivity contribution in [2.24, 2.45) is 0 Å². The number of hydrogen-bond acceptors (Lipinski definition) is 1. The number of hydrogen-bond donors (Lipinski definition) is 0. The molecule has 0 aliphatic rings. The van der Waals surface area contributed by atoms with Gasteiger partial charge in [-0.1, -0.05) is 17.7 Å². The lowest BCUT2D eigenvalue weighted by Gasteiger charge is -2.13. The quantitative estimate of drug-likeness (QED) is 0.639. The Hall–Kier alpha value is -2.16. The average molecular weight is 254 g/mol. The molecule has 0 amide bonds. The lowest BCUT2D eigenvalue weighted by atomic mass is 10.0. The van der Waals surface area contributed by atoms with Crippen LogP contribution in [0.1, 0.15) is 16.7 Å². The summed E-state index contributed by atoms with van der Waals surface area (Å²) in [5, 5.41) is 0. The van der Waals surface area contributed by atoms with Crippen molar-refractivity contribution in [1.29, 1.82) is 0 Å². The van der Waals surface area contributed by atoms with Gasteiger partial charge in [0.15, 0.2) is 0 Å². The molecule has 2 nitrogen and oxygen atoms in total. The SMILES string of the molecule is Cc1cc(C)c(-n2cnc3cc(F)ccc32)c(C)c1. The van der Waals surface area contributed by atoms with Crippen molar-refractivity contribution in [1.82, 2.24) is 9.55 Å². The first kappa shape index (κ1) is 11.9. The normalized spacial score (nSPS) is 11.2. The van der Waals surface area contributed by atoms with E-state index in [1.165, 1.54) is 28.8 Å². The number of aryl methyl sites for hydroxylation is 3. The molecule has 0 unspecified atom stereocenters. The first-order valence-electron chi connectivity index (χ1n) is 6.27. The summed E-state index contributed by atoms with van der Waals surface area (Å²) >= 11 is 0. The van der Waals surface area contributed by atoms with E-state index in [-0.39, 0.29) is 5.82 Å². The molecule has 3 heteroatoms. The van der Waals surface area contributed by atoms with E-state index in [0.29, 0.717) is 5.52 Å². The number of nitrogens with zero attached hydrogens (tertiary/aromatic N) is 2. The highest BCUT2D eigenvalue weighted by Crippen LogP contribution is 2.25. The summed E-state index contributed by atoms with van der Waals surface area (Å²) < 4.78 is 15.2. The van der Waals surface area contributed by atoms with Crippen molar-refractivity contribution in [3.05, 3.63) is 59.2 Å². The molecule has 19 heavy (non-hydrogen) atoms. The highest BCUT2D eigenvalue weighted by atomic mass is 19.1. The van der Waals surface area contributed by atoms with Gasteiger partial charge in [0.05, 0.1) is 16.7 Å². The number of imidazole rings is 1. The van der Waals surface area contributed by atoms with Crippen LogP contribution in [0.5, 0.6) is 0 Å². The molecule has 3 rings (SSSR count). The van der Waals surface area contributed by atoms with Crippen LogP contribution in [0.4, 0.5) is 4.39 Å². The van der Waals surface area contributed by atoms with Gasteiger partial charge < -0.3 is 0 Å². The molecule has 0 radical (unpaired) electrons. The first-order chi connectivity index (χ1) is 9.06. The molecule has 0 saturated carbocycles. The molecular formula is C16H15FN2. The van der Waals surface area contributed by atoms with Crippen LogP contribution in [-0.2, 0) is 0 Å². The van der Waals surface area contributed by atoms with Crippen LogP contribution in [0, 0.1) is 26.6 Å². The molecule has 0 aliphatic heterocycles. The smallest absolute Gasteiger partial charge is 0.125 e. The third kappa shape index (κ3) is 1.91. The van der Waals surface area contributed by atoms with Crippen LogP contribution in [0.2, 0.25) is 0 Å². The third-order valence-electron chi connectivity index (χ3n) is 3.39. The molecule has 1 aromatic heterocycles. The van der Waals surface area contributed by atoms with Gasteiger partial charge in [-0.15, -0.1) is 0 Å². The first-order valence-corrected chi connectivity index (χ1v) is 6.27. The lowest BCUT2D eigenvalue weighted by Crippen LogP contribution is -1.99. The Morgan fingerprint density at radius 1 is 1.00 bits per heavy atom. The van der Waals surface area contributed by atoms with Crippen molar-refractivity contribution in [3.8, 4) is 5.69 Å². The van der Waals surface area contributed by atoms with E-state index in [1.54, 1.807) is 12.4 Å². The van der Waals surface area contributed by atoms with Crippen LogP contribution in [0.3, 0.4) is 0 Å². The standard InChI is InChI=1S/C16H15FN2/c1-10-6-11(2)16(12(3)7-10)19-9-18-14-8-13(17)4-5-15(14)19/h4-9H,1-3H3. The summed E-state index contributed by atoms with van der Waals surface area (Å²) in [4.78, 5) is 4.28. The molecule has 0 aliphatic carbocycles. The Kier molecular flexibility index (Phi) is 2.63. The Morgan fingerprint density at radius 3 is 2.37 bits per heavy atom. The van der Waals surface area contributed by atoms with Crippen LogP contribution in [-0.4, -0.2) is 9.55 Å². The largest absolute Gasteiger partial charge is 0.298 e. The minimum absolute atomic E-state index is 0.255. The van der Waals surface area contributed by atoms with Gasteiger partial charge in [0, 0.05) is 6.07 Å². The molecule has 3 aromatic rings. The zero-order valence-corrected chi connectivity index (χ0v) is 11.2. The maximum Gasteiger partial charge on any atom is 0.125 e. The fourth-order valence-corrected chi connectivity index (χ4v) is 2.72. The zero-order chi connectivity index (χ0) is 13.6. The highest BCUT2D eigenvalue weighted by Gasteiger charge is 2.10. The maximum absolute atomic E-state index is 13.2. The van der Waals surface area contributed by atoms with Crippen LogP contribution < -0.4 is 0 Å². The number of halogens is 1. The zero-order valence-electron chi connectivity index (χ0n) is 11.2. The van der Waals surface area contributed by atoms with Gasteiger partial charge in [-0.2, -0.15) is 0 Å². The van der Waals surface area contributed by atoms with Crippen LogP contribution in [0.15, 0.2) is 36.7 Å². The average Bonchev–Trinajstić information content (AvgIpc) is 2.71. The summed E-state index contributed by atoms with van der Waals surface area (Å²) in [6, 6.07) is 9.01. The van der Waals surface area contributed by atoms with Gasteiger partial charge in [0.2, 0.25) is 0 Å². The van der Waals surface area contributed by atoms with E-state index in [9.17, 15) is 4.39 Å². The Labute approximate surface area is 111 Å². The minimum atomic E-state index is -0.255. The van der Waals surface area contributed by atoms with Crippen LogP contribution >= 0.6 is 0 Å². The number of rotatable bonds is 1. The predicted octanol–water partition coefficient (Wildman–Crippen LogP) is 4.09. The number of fused-ring (bicyclic) bond motifs is 1. The van der Waals surface area contributed by atoms with Gasteiger partial charge in [-0.25, -0.2) is 9.37 Å². The molecule has 2 aromatic carbocycles. The monoisotopic (exact) mass is 254 g/mol. The molecule has 0 saturated heterocycles. The maximum atomic E-state index is 13.2. The van der Waals surface area contributed by atoms with Gasteiger partial charge in [0.1, 0.15) is 12.1 Å². The van der Waals surface area contributed by atoms with Gasteiger partial charge >= 0.3 is 0 Å². The van der Waals surface area contributed by atoms with Crippen molar-refractivity contribution >= 4 is 11.0 Å². The highest BCUT2D eigenvalue weighted by molar-refractivity contribution is 5.78. The van der Waals surface area contributed by atoms with Crippen molar-refractivity contribution in [2.75, 3.05) is 0 Å². The Balaban J connectivity index is 2.31. The van der Waals surface area contributed by atoms with Crippen LogP contribution in [0.25, 0.3) is 16.7 Å². The molecular weight excluding hydrogens is 239 g/mol. The Bertz CT molecular complexity index is 749. The second-order valence-corrected chi connectivity index (χ2v) is 4.99. The second-order valence-electron chi connectivity index (χ2n) is 4.99. The molecule has 0 spiro atoms. The summed E-state index contributed by atoms with van der Waals surface area (Å²) in [6.07, 6.45) is 1.76. The van der Waals surface area contributed by atoms with Crippen molar-refractivity contribution in [2.45, 2.75) is 20.8 Å². The van der Waals surface area contributed by atoms with E-state index >= 15 is 0 Å². The number of aromatic nitrogens is 2. The molecule has 0 bridgehead atoms. The van der Waals surface area contributed by atoms with E-state index in [1.807, 2.05) is 4.57 Å². The molecule has 0 atom stereocenters. The summed E-state index contributed by atoms with van der Waals surface area (Å²) in [5.41, 5.74) is 6.37. The van der Waals surface area contributed by atoms with E-state index < -0.39 is 0 Å². The fourth-order valence-electron chi connectivity index (χ4n) is 2.72. The summed E-state index contributed by atoms with van der Waals surface area (Å²) in [6.45, 7) is 6.26. The van der Waals surface area contributed by atoms with E-state index in [4.69, 9.17) is 0 Å². The number of benzene rings is 2. The second kappa shape index (κ2) is 4.19. The van der Waals surface area contributed by atoms with E-state index in [0.717, 1.165) is 11.2 Å². The third-order valence-corrected chi connectivity index (χ3v) is 3.39. The predicted molar refractivity (Wildman–Crippen MR) is 75.2 cm³/mol. The van der Waals surface area contributed by atoms with Crippen molar-refractivity contribution < 1.29 is 4.39 Å². The van der Waals surface area contributed by atoms with Crippen molar-refractivity contribution in [3.63, 3.8) is 0 Å². The minimum Gasteiger partial charge on any atom is -0.298 e. The van der Waals surface area contributed by atoms with Gasteiger partial charge in [0.25, 0.3) is 0 Å². The topological polar surface area (TPSA) is 17.8 Å². The molecule has 0 N–H and O–H groups in total. The lowest BCUT2D eigenvalue weighted by molar-refractivity contribution is 0.629. The Morgan fingerprint density at radius 2 is 1.68 bits per heavy atom. The molecule has 96 valence electrons. The summed E-state index contributed by atoms with van der Waals surface area (Å²) in [7, 11) is 0. The molecule has 0 fully saturated rings. The molecule has 1 heterocycles. The summed E-state index contributed by atoms with van der Waals surface area (Å²) in [5.74, 6) is -0.255. The van der Waals surface area contributed by atoms with Gasteiger partial charge in [-0.05, 0) is 44.0 Å². The van der Waals surface area contributed by atoms with E-state index in [2.05, 4.69) is 37.9 Å².